The van der Waals surface area contributed by atoms with Crippen LogP contribution in [0.2, 0.25) is 0 Å². The lowest BCUT2D eigenvalue weighted by Gasteiger charge is -2.07. The van der Waals surface area contributed by atoms with Crippen LogP contribution in [0.4, 0.5) is 0 Å². The lowest BCUT2D eigenvalue weighted by molar-refractivity contribution is -0.00100. The number of hydrogen-bond acceptors (Lipinski definition) is 0. The Balaban J connectivity index is 0.000000210. The van der Waals surface area contributed by atoms with Gasteiger partial charge in [0, 0.05) is 0 Å². The fourth-order valence-corrected chi connectivity index (χ4v) is 8.36. The van der Waals surface area contributed by atoms with Gasteiger partial charge >= 0.3 is 0 Å². The summed E-state index contributed by atoms with van der Waals surface area (Å²) in [4.78, 5) is 8.17. The summed E-state index contributed by atoms with van der Waals surface area (Å²) in [5.74, 6) is 0. The van der Waals surface area contributed by atoms with Gasteiger partial charge in [0.15, 0.2) is 29.4 Å². The molecular weight excluding hydrogens is 612 g/mol. The summed E-state index contributed by atoms with van der Waals surface area (Å²) in [5.41, 5.74) is 0. The quantitative estimate of drug-likeness (QED) is 0.244. The molecule has 0 bridgehead atoms. The first-order chi connectivity index (χ1) is 18.9. The van der Waals surface area contributed by atoms with Crippen molar-refractivity contribution in [3.05, 3.63) is 182 Å². The summed E-state index contributed by atoms with van der Waals surface area (Å²) >= 11 is 0. The van der Waals surface area contributed by atoms with Gasteiger partial charge in [0.1, 0.15) is 0 Å². The van der Waals surface area contributed by atoms with Gasteiger partial charge in [-0.3, -0.25) is 0 Å². The third-order valence-corrected chi connectivity index (χ3v) is 10.3. The molecule has 40 heavy (non-hydrogen) atoms. The number of rotatable bonds is 6. The van der Waals surface area contributed by atoms with E-state index in [-0.39, 0.29) is 51.2 Å². The Hall–Kier alpha value is -3.21. The standard InChI is InChI=1S/2C18H15S.BrH.ClH/c2*1-4-10-16(11-5-1)19(17-12-6-2-7-13-17)18-14-8-3-9-15-18;;/h2*1-15H;2*1H/q2*+1;;/p-2. The summed E-state index contributed by atoms with van der Waals surface area (Å²) < 4.78 is 0. The topological polar surface area (TPSA) is 0 Å². The molecule has 0 atom stereocenters. The van der Waals surface area contributed by atoms with Gasteiger partial charge in [-0.25, -0.2) is 0 Å². The first-order valence-electron chi connectivity index (χ1n) is 12.7. The highest BCUT2D eigenvalue weighted by Gasteiger charge is 2.28. The largest absolute Gasteiger partial charge is 1.00 e. The van der Waals surface area contributed by atoms with Crippen molar-refractivity contribution in [2.24, 2.45) is 0 Å². The molecule has 0 saturated heterocycles. The Labute approximate surface area is 261 Å². The third-order valence-electron chi connectivity index (χ3n) is 5.87. The Kier molecular flexibility index (Phi) is 13.1. The zero-order valence-electron chi connectivity index (χ0n) is 21.9. The minimum atomic E-state index is -0.0146. The van der Waals surface area contributed by atoms with E-state index in [1.165, 1.54) is 29.4 Å². The average molecular weight is 642 g/mol. The van der Waals surface area contributed by atoms with Crippen LogP contribution in [-0.4, -0.2) is 0 Å². The van der Waals surface area contributed by atoms with Gasteiger partial charge < -0.3 is 29.4 Å². The summed E-state index contributed by atoms with van der Waals surface area (Å²) in [5, 5.41) is 0. The van der Waals surface area contributed by atoms with Crippen LogP contribution in [0.15, 0.2) is 211 Å². The molecule has 0 heterocycles. The van der Waals surface area contributed by atoms with Gasteiger partial charge in [-0.15, -0.1) is 0 Å². The van der Waals surface area contributed by atoms with Crippen LogP contribution in [-0.2, 0) is 21.8 Å². The second-order valence-corrected chi connectivity index (χ2v) is 12.5. The van der Waals surface area contributed by atoms with Crippen molar-refractivity contribution in [3.8, 4) is 0 Å². The summed E-state index contributed by atoms with van der Waals surface area (Å²) in [6.45, 7) is 0. The van der Waals surface area contributed by atoms with Gasteiger partial charge in [0.2, 0.25) is 0 Å². The molecule has 0 nitrogen and oxygen atoms in total. The predicted molar refractivity (Wildman–Crippen MR) is 163 cm³/mol. The van der Waals surface area contributed by atoms with Crippen molar-refractivity contribution in [2.45, 2.75) is 29.4 Å². The molecule has 200 valence electrons. The Morgan fingerprint density at radius 3 is 0.475 bits per heavy atom. The highest BCUT2D eigenvalue weighted by atomic mass is 79.9. The monoisotopic (exact) mass is 640 g/mol. The Bertz CT molecular complexity index is 1180. The predicted octanol–water partition coefficient (Wildman–Crippen LogP) is 3.57. The van der Waals surface area contributed by atoms with Crippen LogP contribution in [0, 0.1) is 0 Å². The molecule has 0 fully saturated rings. The smallest absolute Gasteiger partial charge is 0.166 e. The molecule has 0 aliphatic carbocycles. The molecule has 6 aromatic rings. The molecule has 6 aromatic carbocycles. The van der Waals surface area contributed by atoms with Crippen LogP contribution >= 0.6 is 0 Å². The van der Waals surface area contributed by atoms with Crippen molar-refractivity contribution >= 4 is 21.8 Å². The second-order valence-electron chi connectivity index (χ2n) is 8.49. The maximum absolute atomic E-state index is 2.21. The van der Waals surface area contributed by atoms with Crippen molar-refractivity contribution < 1.29 is 29.4 Å². The van der Waals surface area contributed by atoms with Gasteiger partial charge in [-0.1, -0.05) is 109 Å². The van der Waals surface area contributed by atoms with E-state index in [9.17, 15) is 0 Å². The summed E-state index contributed by atoms with van der Waals surface area (Å²) in [7, 11) is -0.0293. The van der Waals surface area contributed by atoms with Crippen molar-refractivity contribution in [1.29, 1.82) is 0 Å². The molecule has 0 aromatic heterocycles. The van der Waals surface area contributed by atoms with Crippen LogP contribution in [0.3, 0.4) is 0 Å². The number of halogens is 2. The molecule has 0 radical (unpaired) electrons. The Morgan fingerprint density at radius 1 is 0.225 bits per heavy atom. The first-order valence-corrected chi connectivity index (χ1v) is 15.1. The van der Waals surface area contributed by atoms with Gasteiger partial charge in [0.05, 0.1) is 21.8 Å². The molecular formula is C36H30BrClS2. The number of hydrogen-bond donors (Lipinski definition) is 0. The SMILES string of the molecule is [Br-].[Cl-].c1ccc([S+](c2ccccc2)c2ccccc2)cc1.c1ccc([S+](c2ccccc2)c2ccccc2)cc1. The van der Waals surface area contributed by atoms with Crippen LogP contribution in [0.25, 0.3) is 0 Å². The first kappa shape index (κ1) is 31.3. The minimum Gasteiger partial charge on any atom is -1.00 e. The number of benzene rings is 6. The summed E-state index contributed by atoms with van der Waals surface area (Å²) in [6, 6.07) is 64.3. The zero-order chi connectivity index (χ0) is 25.8. The molecule has 0 unspecified atom stereocenters. The minimum absolute atomic E-state index is 0. The molecule has 0 N–H and O–H groups in total. The highest BCUT2D eigenvalue weighted by molar-refractivity contribution is 7.97. The van der Waals surface area contributed by atoms with E-state index < -0.39 is 0 Å². The third kappa shape index (κ3) is 8.39. The lowest BCUT2D eigenvalue weighted by atomic mass is 10.4. The average Bonchev–Trinajstić information content (AvgIpc) is 3.01. The van der Waals surface area contributed by atoms with Gasteiger partial charge in [0.25, 0.3) is 0 Å². The molecule has 0 saturated carbocycles. The maximum Gasteiger partial charge on any atom is 0.166 e. The van der Waals surface area contributed by atoms with E-state index in [0.717, 1.165) is 0 Å². The van der Waals surface area contributed by atoms with E-state index in [1.54, 1.807) is 0 Å². The Morgan fingerprint density at radius 2 is 0.350 bits per heavy atom. The highest BCUT2D eigenvalue weighted by Crippen LogP contribution is 2.31. The van der Waals surface area contributed by atoms with E-state index in [4.69, 9.17) is 0 Å². The molecule has 4 heteroatoms. The van der Waals surface area contributed by atoms with Crippen molar-refractivity contribution in [2.75, 3.05) is 0 Å². The van der Waals surface area contributed by atoms with Crippen LogP contribution in [0.5, 0.6) is 0 Å². The van der Waals surface area contributed by atoms with Crippen molar-refractivity contribution in [1.82, 2.24) is 0 Å². The zero-order valence-corrected chi connectivity index (χ0v) is 25.9. The molecule has 6 rings (SSSR count). The fourth-order valence-electron chi connectivity index (χ4n) is 4.16. The molecule has 0 spiro atoms. The molecule has 0 aliphatic rings. The van der Waals surface area contributed by atoms with Crippen molar-refractivity contribution in [3.63, 3.8) is 0 Å². The van der Waals surface area contributed by atoms with E-state index in [2.05, 4.69) is 182 Å². The molecule has 0 aliphatic heterocycles. The fraction of sp³-hybridized carbons (Fsp3) is 0. The lowest BCUT2D eigenvalue weighted by Crippen LogP contribution is -3.00. The van der Waals surface area contributed by atoms with Gasteiger partial charge in [-0.2, -0.15) is 0 Å². The summed E-state index contributed by atoms with van der Waals surface area (Å²) in [6.07, 6.45) is 0. The van der Waals surface area contributed by atoms with E-state index >= 15 is 0 Å². The van der Waals surface area contributed by atoms with E-state index in [1.807, 2.05) is 0 Å². The second kappa shape index (κ2) is 16.8. The van der Waals surface area contributed by atoms with Crippen LogP contribution < -0.4 is 29.4 Å². The van der Waals surface area contributed by atoms with E-state index in [0.29, 0.717) is 0 Å². The normalized spacial score (nSPS) is 10.1. The van der Waals surface area contributed by atoms with Crippen LogP contribution in [0.1, 0.15) is 0 Å². The maximum atomic E-state index is 2.21. The molecule has 0 amide bonds. The van der Waals surface area contributed by atoms with Gasteiger partial charge in [-0.05, 0) is 72.8 Å².